The molecule has 0 aliphatic carbocycles. The van der Waals surface area contributed by atoms with Gasteiger partial charge in [-0.05, 0) is 25.0 Å². The highest BCUT2D eigenvalue weighted by Crippen LogP contribution is 2.27. The van der Waals surface area contributed by atoms with Crippen molar-refractivity contribution in [1.82, 2.24) is 9.80 Å². The maximum absolute atomic E-state index is 6.57. The molecule has 0 amide bonds. The third-order valence-electron chi connectivity index (χ3n) is 7.52. The van der Waals surface area contributed by atoms with E-state index >= 15 is 0 Å². The predicted molar refractivity (Wildman–Crippen MR) is 156 cm³/mol. The van der Waals surface area contributed by atoms with Crippen molar-refractivity contribution in [2.45, 2.75) is 143 Å². The van der Waals surface area contributed by atoms with Crippen LogP contribution in [0.1, 0.15) is 130 Å². The van der Waals surface area contributed by atoms with Gasteiger partial charge in [-0.1, -0.05) is 124 Å². The van der Waals surface area contributed by atoms with Crippen molar-refractivity contribution in [3.05, 3.63) is 24.3 Å². The Morgan fingerprint density at radius 2 is 0.919 bits per heavy atom. The van der Waals surface area contributed by atoms with Crippen molar-refractivity contribution >= 4 is 0 Å². The highest BCUT2D eigenvalue weighted by Gasteiger charge is 2.30. The molecule has 214 valence electrons. The number of benzene rings is 1. The lowest BCUT2D eigenvalue weighted by Gasteiger charge is -2.38. The zero-order valence-electron chi connectivity index (χ0n) is 24.7. The van der Waals surface area contributed by atoms with E-state index in [1.165, 1.54) is 103 Å². The summed E-state index contributed by atoms with van der Waals surface area (Å²) in [6.07, 6.45) is 20.3. The minimum Gasteiger partial charge on any atom is -0.451 e. The largest absolute Gasteiger partial charge is 0.451 e. The summed E-state index contributed by atoms with van der Waals surface area (Å²) in [6, 6.07) is 7.99. The molecule has 0 spiro atoms. The second-order valence-corrected chi connectivity index (χ2v) is 10.7. The number of ether oxygens (including phenoxy) is 3. The molecule has 1 aromatic rings. The highest BCUT2D eigenvalue weighted by atomic mass is 16.8. The molecule has 2 unspecified atom stereocenters. The van der Waals surface area contributed by atoms with Crippen molar-refractivity contribution in [2.24, 2.45) is 0 Å². The molecule has 1 aliphatic heterocycles. The molecule has 0 fully saturated rings. The Morgan fingerprint density at radius 3 is 1.30 bits per heavy atom. The van der Waals surface area contributed by atoms with Gasteiger partial charge in [-0.3, -0.25) is 4.74 Å². The van der Waals surface area contributed by atoms with Gasteiger partial charge in [0.1, 0.15) is 11.5 Å². The highest BCUT2D eigenvalue weighted by molar-refractivity contribution is 5.33. The Hall–Kier alpha value is -1.30. The molecule has 0 saturated carbocycles. The minimum atomic E-state index is -0.442. The summed E-state index contributed by atoms with van der Waals surface area (Å²) >= 11 is 0. The molecule has 1 aliphatic rings. The van der Waals surface area contributed by atoms with E-state index in [0.29, 0.717) is 0 Å². The average molecular weight is 519 g/mol. The van der Waals surface area contributed by atoms with Crippen molar-refractivity contribution in [3.8, 4) is 11.5 Å². The third-order valence-corrected chi connectivity index (χ3v) is 7.52. The number of nitrogens with zero attached hydrogens (tertiary/aromatic N) is 2. The number of fused-ring (bicyclic) bond motifs is 2. The van der Waals surface area contributed by atoms with Crippen LogP contribution in [0, 0.1) is 0 Å². The van der Waals surface area contributed by atoms with E-state index in [4.69, 9.17) is 14.2 Å². The first-order valence-electron chi connectivity index (χ1n) is 15.8. The van der Waals surface area contributed by atoms with E-state index in [-0.39, 0.29) is 0 Å². The fourth-order valence-corrected chi connectivity index (χ4v) is 5.05. The molecule has 1 heterocycles. The lowest BCUT2D eigenvalue weighted by molar-refractivity contribution is -0.288. The van der Waals surface area contributed by atoms with Gasteiger partial charge in [0, 0.05) is 32.2 Å². The first-order chi connectivity index (χ1) is 18.2. The Morgan fingerprint density at radius 1 is 0.541 bits per heavy atom. The maximum Gasteiger partial charge on any atom is 0.266 e. The Balaban J connectivity index is 1.87. The molecule has 0 aromatic heterocycles. The molecule has 2 bridgehead atoms. The van der Waals surface area contributed by atoms with Crippen LogP contribution in [-0.2, 0) is 4.74 Å². The topological polar surface area (TPSA) is 34.2 Å². The Labute approximate surface area is 229 Å². The summed E-state index contributed by atoms with van der Waals surface area (Å²) in [5, 5.41) is 0. The number of unbranched alkanes of at least 4 members (excludes halogenated alkanes) is 14. The van der Waals surface area contributed by atoms with Gasteiger partial charge in [0.15, 0.2) is 0 Å². The number of hydrogen-bond donors (Lipinski definition) is 0. The normalized spacial score (nSPS) is 17.5. The molecule has 0 radical (unpaired) electrons. The molecule has 5 nitrogen and oxygen atoms in total. The summed E-state index contributed by atoms with van der Waals surface area (Å²) in [4.78, 5) is 4.63. The van der Waals surface area contributed by atoms with Gasteiger partial charge in [0.05, 0.1) is 0 Å². The van der Waals surface area contributed by atoms with Gasteiger partial charge < -0.3 is 9.47 Å². The van der Waals surface area contributed by atoms with Gasteiger partial charge in [-0.25, -0.2) is 9.80 Å². The molecule has 0 N–H and O–H groups in total. The molecular weight excluding hydrogens is 460 g/mol. The second kappa shape index (κ2) is 20.6. The Kier molecular flexibility index (Phi) is 17.8. The van der Waals surface area contributed by atoms with Crippen LogP contribution in [0.15, 0.2) is 24.3 Å². The second-order valence-electron chi connectivity index (χ2n) is 10.7. The molecule has 0 saturated heterocycles. The van der Waals surface area contributed by atoms with E-state index in [1.54, 1.807) is 0 Å². The fourth-order valence-electron chi connectivity index (χ4n) is 5.05. The lowest BCUT2D eigenvalue weighted by atomic mass is 10.1. The van der Waals surface area contributed by atoms with E-state index < -0.39 is 12.8 Å². The van der Waals surface area contributed by atoms with Crippen molar-refractivity contribution in [2.75, 3.05) is 26.2 Å². The summed E-state index contributed by atoms with van der Waals surface area (Å²) in [5.41, 5.74) is 0. The summed E-state index contributed by atoms with van der Waals surface area (Å²) in [5.74, 6) is 1.61. The SMILES string of the molecule is CCCCCCCCCCN(CC)C1Oc2cccc(c2)OC(N(CC)CCCCCCCCCC)O1. The van der Waals surface area contributed by atoms with Gasteiger partial charge in [0.25, 0.3) is 12.8 Å². The molecule has 37 heavy (non-hydrogen) atoms. The zero-order valence-corrected chi connectivity index (χ0v) is 24.7. The molecule has 2 atom stereocenters. The van der Waals surface area contributed by atoms with Crippen LogP contribution in [0.5, 0.6) is 11.5 Å². The first kappa shape index (κ1) is 31.9. The fraction of sp³-hybridized carbons (Fsp3) is 0.812. The van der Waals surface area contributed by atoms with Gasteiger partial charge in [-0.2, -0.15) is 0 Å². The molecule has 2 rings (SSSR count). The quantitative estimate of drug-likeness (QED) is 0.143. The molecular formula is C32H58N2O3. The predicted octanol–water partition coefficient (Wildman–Crippen LogP) is 8.97. The standard InChI is InChI=1S/C32H58N2O3/c1-5-9-11-13-15-17-19-21-26-33(7-3)31-35-29-24-23-25-30(28-29)36-32(37-31)34(8-4)27-22-20-18-16-14-12-10-6-2/h23-25,28,31-32H,5-22,26-27H2,1-4H3. The Bertz CT molecular complexity index is 620. The van der Waals surface area contributed by atoms with Crippen LogP contribution in [0.3, 0.4) is 0 Å². The summed E-state index contributed by atoms with van der Waals surface area (Å²) < 4.78 is 19.3. The smallest absolute Gasteiger partial charge is 0.266 e. The van der Waals surface area contributed by atoms with E-state index in [1.807, 2.05) is 24.3 Å². The van der Waals surface area contributed by atoms with Gasteiger partial charge in [-0.15, -0.1) is 0 Å². The first-order valence-corrected chi connectivity index (χ1v) is 15.8. The maximum atomic E-state index is 6.57. The lowest BCUT2D eigenvalue weighted by Crippen LogP contribution is -2.51. The summed E-state index contributed by atoms with van der Waals surface area (Å²) in [6.45, 7) is 12.7. The minimum absolute atomic E-state index is 0.442. The van der Waals surface area contributed by atoms with Crippen LogP contribution in [0.25, 0.3) is 0 Å². The van der Waals surface area contributed by atoms with Crippen LogP contribution in [0.2, 0.25) is 0 Å². The number of hydrogen-bond acceptors (Lipinski definition) is 5. The average Bonchev–Trinajstić information content (AvgIpc) is 2.90. The van der Waals surface area contributed by atoms with E-state index in [9.17, 15) is 0 Å². The van der Waals surface area contributed by atoms with Crippen molar-refractivity contribution in [3.63, 3.8) is 0 Å². The third kappa shape index (κ3) is 13.4. The van der Waals surface area contributed by atoms with Crippen LogP contribution < -0.4 is 9.47 Å². The van der Waals surface area contributed by atoms with E-state index in [0.717, 1.165) is 37.7 Å². The summed E-state index contributed by atoms with van der Waals surface area (Å²) in [7, 11) is 0. The molecule has 1 aromatic carbocycles. The molecule has 5 heteroatoms. The van der Waals surface area contributed by atoms with Crippen molar-refractivity contribution < 1.29 is 14.2 Å². The zero-order chi connectivity index (χ0) is 26.6. The van der Waals surface area contributed by atoms with E-state index in [2.05, 4.69) is 37.5 Å². The van der Waals surface area contributed by atoms with Crippen LogP contribution in [-0.4, -0.2) is 48.8 Å². The van der Waals surface area contributed by atoms with Gasteiger partial charge >= 0.3 is 0 Å². The van der Waals surface area contributed by atoms with Crippen molar-refractivity contribution in [1.29, 1.82) is 0 Å². The number of rotatable bonds is 22. The van der Waals surface area contributed by atoms with Crippen LogP contribution >= 0.6 is 0 Å². The monoisotopic (exact) mass is 518 g/mol. The van der Waals surface area contributed by atoms with Crippen LogP contribution in [0.4, 0.5) is 0 Å². The van der Waals surface area contributed by atoms with Gasteiger partial charge in [0.2, 0.25) is 0 Å².